The molecule has 0 heterocycles. The number of rotatable bonds is 15. The van der Waals surface area contributed by atoms with E-state index in [2.05, 4.69) is 40.8 Å². The second-order valence-electron chi connectivity index (χ2n) is 6.78. The molecular formula is C19H40O2Si. The molecule has 2 unspecified atom stereocenters. The zero-order valence-corrected chi connectivity index (χ0v) is 16.8. The molecule has 2 nitrogen and oxygen atoms in total. The highest BCUT2D eigenvalue weighted by Crippen LogP contribution is 2.20. The summed E-state index contributed by atoms with van der Waals surface area (Å²) in [5, 5.41) is 0. The summed E-state index contributed by atoms with van der Waals surface area (Å²) in [6.45, 7) is 14.9. The molecule has 0 saturated carbocycles. The Morgan fingerprint density at radius 2 is 1.23 bits per heavy atom. The zero-order valence-electron chi connectivity index (χ0n) is 15.8. The largest absolute Gasteiger partial charge is 0.389 e. The van der Waals surface area contributed by atoms with E-state index in [1.54, 1.807) is 0 Å². The van der Waals surface area contributed by atoms with Gasteiger partial charge in [-0.1, -0.05) is 65.2 Å². The van der Waals surface area contributed by atoms with Crippen molar-refractivity contribution in [3.8, 4) is 0 Å². The molecule has 132 valence electrons. The van der Waals surface area contributed by atoms with E-state index in [0.717, 1.165) is 12.8 Å². The molecule has 3 heteroatoms. The molecule has 0 aromatic rings. The first-order valence-electron chi connectivity index (χ1n) is 9.46. The summed E-state index contributed by atoms with van der Waals surface area (Å²) in [5.41, 5.74) is 1.94. The topological polar surface area (TPSA) is 18.5 Å². The normalized spacial score (nSPS) is 17.0. The van der Waals surface area contributed by atoms with Crippen LogP contribution in [0.4, 0.5) is 0 Å². The lowest BCUT2D eigenvalue weighted by Gasteiger charge is -2.30. The van der Waals surface area contributed by atoms with Gasteiger partial charge in [-0.25, -0.2) is 0 Å². The van der Waals surface area contributed by atoms with Gasteiger partial charge in [-0.15, -0.1) is 6.58 Å². The molecule has 0 spiro atoms. The standard InChI is InChI=1S/C19H40O2Si/c1-7-10-12-14-16-18(4)20-22(6,9-3)21-19(5)17-15-13-11-8-2/h9,18-19H,3,7-8,10-17H2,1-2,4-6H3. The molecule has 0 fully saturated rings. The Balaban J connectivity index is 4.07. The van der Waals surface area contributed by atoms with E-state index in [0.29, 0.717) is 0 Å². The first kappa shape index (κ1) is 21.9. The molecule has 0 aliphatic rings. The van der Waals surface area contributed by atoms with E-state index in [1.807, 2.05) is 5.70 Å². The fraction of sp³-hybridized carbons (Fsp3) is 0.895. The summed E-state index contributed by atoms with van der Waals surface area (Å²) in [5.74, 6) is 0. The maximum Gasteiger partial charge on any atom is 0.361 e. The van der Waals surface area contributed by atoms with Crippen molar-refractivity contribution in [1.82, 2.24) is 0 Å². The van der Waals surface area contributed by atoms with Gasteiger partial charge >= 0.3 is 8.56 Å². The summed E-state index contributed by atoms with van der Waals surface area (Å²) in [7, 11) is -2.22. The molecule has 0 bridgehead atoms. The van der Waals surface area contributed by atoms with E-state index < -0.39 is 8.56 Å². The van der Waals surface area contributed by atoms with Crippen molar-refractivity contribution in [2.75, 3.05) is 0 Å². The second kappa shape index (κ2) is 13.3. The molecule has 0 N–H and O–H groups in total. The van der Waals surface area contributed by atoms with Crippen molar-refractivity contribution in [1.29, 1.82) is 0 Å². The van der Waals surface area contributed by atoms with Gasteiger partial charge in [0.15, 0.2) is 0 Å². The molecule has 22 heavy (non-hydrogen) atoms. The fourth-order valence-corrected chi connectivity index (χ4v) is 4.84. The highest BCUT2D eigenvalue weighted by atomic mass is 28.4. The summed E-state index contributed by atoms with van der Waals surface area (Å²) < 4.78 is 12.5. The third-order valence-electron chi connectivity index (χ3n) is 4.17. The van der Waals surface area contributed by atoms with Crippen LogP contribution in [0.5, 0.6) is 0 Å². The third-order valence-corrected chi connectivity index (χ3v) is 6.65. The van der Waals surface area contributed by atoms with Gasteiger partial charge in [-0.3, -0.25) is 0 Å². The Labute approximate surface area is 140 Å². The van der Waals surface area contributed by atoms with Crippen LogP contribution in [0.25, 0.3) is 0 Å². The summed E-state index contributed by atoms with van der Waals surface area (Å²) in [6, 6.07) is 0. The predicted octanol–water partition coefficient (Wildman–Crippen LogP) is 6.53. The van der Waals surface area contributed by atoms with Crippen molar-refractivity contribution in [2.45, 2.75) is 111 Å². The molecule has 0 radical (unpaired) electrons. The van der Waals surface area contributed by atoms with Crippen LogP contribution in [-0.2, 0) is 8.85 Å². The SMILES string of the molecule is C=C[Si](C)(OC(C)CCCCCC)OC(C)CCCCCC. The van der Waals surface area contributed by atoms with Crippen LogP contribution in [0.1, 0.15) is 91.9 Å². The molecule has 2 atom stereocenters. The van der Waals surface area contributed by atoms with E-state index in [9.17, 15) is 0 Å². The van der Waals surface area contributed by atoms with Gasteiger partial charge < -0.3 is 8.85 Å². The molecule has 0 amide bonds. The molecule has 0 rings (SSSR count). The third kappa shape index (κ3) is 11.4. The fourth-order valence-electron chi connectivity index (χ4n) is 2.76. The Kier molecular flexibility index (Phi) is 13.3. The molecule has 0 aliphatic heterocycles. The Morgan fingerprint density at radius 1 is 0.818 bits per heavy atom. The first-order chi connectivity index (χ1) is 10.5. The number of hydrogen-bond donors (Lipinski definition) is 0. The van der Waals surface area contributed by atoms with Crippen LogP contribution < -0.4 is 0 Å². The van der Waals surface area contributed by atoms with Crippen molar-refractivity contribution in [3.63, 3.8) is 0 Å². The average Bonchev–Trinajstić information content (AvgIpc) is 2.48. The zero-order chi connectivity index (χ0) is 16.8. The van der Waals surface area contributed by atoms with Gasteiger partial charge in [0.05, 0.1) is 0 Å². The van der Waals surface area contributed by atoms with E-state index in [1.165, 1.54) is 51.4 Å². The molecule has 0 saturated heterocycles. The Hall–Kier alpha value is -0.123. The van der Waals surface area contributed by atoms with Crippen LogP contribution in [-0.4, -0.2) is 20.8 Å². The summed E-state index contributed by atoms with van der Waals surface area (Å²) >= 11 is 0. The highest BCUT2D eigenvalue weighted by Gasteiger charge is 2.31. The maximum atomic E-state index is 6.26. The Bertz CT molecular complexity index is 248. The van der Waals surface area contributed by atoms with Gasteiger partial charge in [0, 0.05) is 12.2 Å². The second-order valence-corrected chi connectivity index (χ2v) is 9.69. The van der Waals surface area contributed by atoms with Gasteiger partial charge in [-0.05, 0) is 38.9 Å². The Morgan fingerprint density at radius 3 is 1.55 bits per heavy atom. The number of unbranched alkanes of at least 4 members (excludes halogenated alkanes) is 6. The van der Waals surface area contributed by atoms with Crippen LogP contribution >= 0.6 is 0 Å². The van der Waals surface area contributed by atoms with Crippen molar-refractivity contribution < 1.29 is 8.85 Å². The van der Waals surface area contributed by atoms with Gasteiger partial charge in [0.2, 0.25) is 0 Å². The molecule has 0 aliphatic carbocycles. The maximum absolute atomic E-state index is 6.26. The van der Waals surface area contributed by atoms with Crippen LogP contribution in [0.3, 0.4) is 0 Å². The minimum absolute atomic E-state index is 0.277. The predicted molar refractivity (Wildman–Crippen MR) is 100 cm³/mol. The smallest absolute Gasteiger partial charge is 0.361 e. The minimum Gasteiger partial charge on any atom is -0.389 e. The van der Waals surface area contributed by atoms with Crippen LogP contribution in [0.2, 0.25) is 6.55 Å². The van der Waals surface area contributed by atoms with Crippen molar-refractivity contribution >= 4 is 8.56 Å². The molecule has 0 aromatic heterocycles. The minimum atomic E-state index is -2.22. The molecular weight excluding hydrogens is 288 g/mol. The van der Waals surface area contributed by atoms with Crippen LogP contribution in [0.15, 0.2) is 12.3 Å². The lowest BCUT2D eigenvalue weighted by atomic mass is 10.1. The van der Waals surface area contributed by atoms with E-state index in [-0.39, 0.29) is 12.2 Å². The summed E-state index contributed by atoms with van der Waals surface area (Å²) in [6.07, 6.45) is 13.2. The van der Waals surface area contributed by atoms with Crippen molar-refractivity contribution in [2.24, 2.45) is 0 Å². The van der Waals surface area contributed by atoms with Gasteiger partial charge in [0.1, 0.15) is 0 Å². The van der Waals surface area contributed by atoms with E-state index >= 15 is 0 Å². The highest BCUT2D eigenvalue weighted by molar-refractivity contribution is 6.71. The van der Waals surface area contributed by atoms with Gasteiger partial charge in [-0.2, -0.15) is 0 Å². The van der Waals surface area contributed by atoms with Crippen molar-refractivity contribution in [3.05, 3.63) is 12.3 Å². The van der Waals surface area contributed by atoms with Crippen LogP contribution in [0, 0.1) is 0 Å². The number of hydrogen-bond acceptors (Lipinski definition) is 2. The monoisotopic (exact) mass is 328 g/mol. The lowest BCUT2D eigenvalue weighted by molar-refractivity contribution is 0.0934. The quantitative estimate of drug-likeness (QED) is 0.251. The average molecular weight is 329 g/mol. The van der Waals surface area contributed by atoms with Gasteiger partial charge in [0.25, 0.3) is 0 Å². The first-order valence-corrected chi connectivity index (χ1v) is 11.9. The summed E-state index contributed by atoms with van der Waals surface area (Å²) in [4.78, 5) is 0. The molecule has 0 aromatic carbocycles. The van der Waals surface area contributed by atoms with E-state index in [4.69, 9.17) is 8.85 Å². The lowest BCUT2D eigenvalue weighted by Crippen LogP contribution is -2.42.